The van der Waals surface area contributed by atoms with Gasteiger partial charge in [0.25, 0.3) is 0 Å². The number of pyridine rings is 1. The van der Waals surface area contributed by atoms with Crippen molar-refractivity contribution in [3.63, 3.8) is 0 Å². The molecule has 2 rings (SSSR count). The van der Waals surface area contributed by atoms with Gasteiger partial charge in [-0.15, -0.1) is 0 Å². The lowest BCUT2D eigenvalue weighted by Crippen LogP contribution is -2.27. The van der Waals surface area contributed by atoms with E-state index in [1.807, 2.05) is 0 Å². The third-order valence-corrected chi connectivity index (χ3v) is 3.07. The van der Waals surface area contributed by atoms with Crippen LogP contribution in [0.2, 0.25) is 0 Å². The molecule has 15 heavy (non-hydrogen) atoms. The Hall–Kier alpha value is -1.09. The van der Waals surface area contributed by atoms with Crippen LogP contribution < -0.4 is 4.74 Å². The largest absolute Gasteiger partial charge is 0.481 e. The minimum absolute atomic E-state index is 0.131. The maximum absolute atomic E-state index is 9.25. The lowest BCUT2D eigenvalue weighted by atomic mass is 9.80. The fraction of sp³-hybridized carbons (Fsp3) is 0.583. The summed E-state index contributed by atoms with van der Waals surface area (Å²) in [4.78, 5) is 4.49. The van der Waals surface area contributed by atoms with Gasteiger partial charge in [-0.2, -0.15) is 0 Å². The second kappa shape index (κ2) is 4.19. The van der Waals surface area contributed by atoms with Gasteiger partial charge in [0.15, 0.2) is 0 Å². The first-order chi connectivity index (χ1) is 7.24. The normalized spacial score (nSPS) is 24.7. The molecule has 0 radical (unpaired) electrons. The van der Waals surface area contributed by atoms with Crippen LogP contribution in [0.5, 0.6) is 5.88 Å². The number of aliphatic hydroxyl groups is 1. The third kappa shape index (κ3) is 1.97. The molecule has 1 N–H and O–H groups in total. The predicted molar refractivity (Wildman–Crippen MR) is 58.1 cm³/mol. The first-order valence-electron chi connectivity index (χ1n) is 5.46. The van der Waals surface area contributed by atoms with Crippen molar-refractivity contribution < 1.29 is 9.84 Å². The topological polar surface area (TPSA) is 42.4 Å². The molecule has 1 saturated carbocycles. The summed E-state index contributed by atoms with van der Waals surface area (Å²) in [6, 6.07) is 4.13. The van der Waals surface area contributed by atoms with Crippen molar-refractivity contribution >= 4 is 0 Å². The summed E-state index contributed by atoms with van der Waals surface area (Å²) < 4.78 is 5.25. The van der Waals surface area contributed by atoms with Crippen LogP contribution in [0.15, 0.2) is 12.1 Å². The number of nitrogens with zero attached hydrogens (tertiary/aromatic N) is 1. The standard InChI is InChI=1S/C12H17NO2/c1-3-8-4-5-11(13-12(8)15-2)9-6-10(14)7-9/h4-5,9-10,14H,3,6-7H2,1-2H3. The zero-order valence-corrected chi connectivity index (χ0v) is 9.23. The number of methoxy groups -OCH3 is 1. The Kier molecular flexibility index (Phi) is 2.91. The summed E-state index contributed by atoms with van der Waals surface area (Å²) in [7, 11) is 1.65. The number of hydrogen-bond acceptors (Lipinski definition) is 3. The molecule has 0 saturated heterocycles. The van der Waals surface area contributed by atoms with Crippen LogP contribution in [0.1, 0.15) is 36.9 Å². The van der Waals surface area contributed by atoms with Gasteiger partial charge >= 0.3 is 0 Å². The van der Waals surface area contributed by atoms with E-state index < -0.39 is 0 Å². The van der Waals surface area contributed by atoms with Crippen LogP contribution in [0, 0.1) is 0 Å². The minimum atomic E-state index is -0.131. The molecule has 0 aliphatic heterocycles. The average molecular weight is 207 g/mol. The average Bonchev–Trinajstić information content (AvgIpc) is 2.24. The van der Waals surface area contributed by atoms with Crippen LogP contribution in [-0.2, 0) is 6.42 Å². The number of aliphatic hydroxyl groups excluding tert-OH is 1. The van der Waals surface area contributed by atoms with E-state index in [9.17, 15) is 5.11 Å². The Morgan fingerprint density at radius 2 is 2.20 bits per heavy atom. The molecular weight excluding hydrogens is 190 g/mol. The van der Waals surface area contributed by atoms with E-state index in [0.717, 1.165) is 36.4 Å². The van der Waals surface area contributed by atoms with Gasteiger partial charge in [-0.1, -0.05) is 13.0 Å². The SMILES string of the molecule is CCc1ccc(C2CC(O)C2)nc1OC. The van der Waals surface area contributed by atoms with Gasteiger partial charge < -0.3 is 9.84 Å². The van der Waals surface area contributed by atoms with Crippen LogP contribution >= 0.6 is 0 Å². The van der Waals surface area contributed by atoms with E-state index in [2.05, 4.69) is 24.0 Å². The monoisotopic (exact) mass is 207 g/mol. The molecule has 1 aliphatic rings. The molecule has 1 fully saturated rings. The van der Waals surface area contributed by atoms with Crippen LogP contribution in [0.3, 0.4) is 0 Å². The minimum Gasteiger partial charge on any atom is -0.481 e. The summed E-state index contributed by atoms with van der Waals surface area (Å²) in [5, 5.41) is 9.25. The van der Waals surface area contributed by atoms with Crippen molar-refractivity contribution in [2.75, 3.05) is 7.11 Å². The van der Waals surface area contributed by atoms with Crippen molar-refractivity contribution in [3.05, 3.63) is 23.4 Å². The fourth-order valence-electron chi connectivity index (χ4n) is 1.99. The lowest BCUT2D eigenvalue weighted by molar-refractivity contribution is 0.0730. The third-order valence-electron chi connectivity index (χ3n) is 3.07. The Labute approximate surface area is 90.1 Å². The summed E-state index contributed by atoms with van der Waals surface area (Å²) in [6.45, 7) is 2.09. The summed E-state index contributed by atoms with van der Waals surface area (Å²) in [5.41, 5.74) is 2.19. The highest BCUT2D eigenvalue weighted by Crippen LogP contribution is 2.36. The molecule has 0 amide bonds. The van der Waals surface area contributed by atoms with Crippen LogP contribution in [0.25, 0.3) is 0 Å². The van der Waals surface area contributed by atoms with Crippen LogP contribution in [-0.4, -0.2) is 23.3 Å². The van der Waals surface area contributed by atoms with Crippen molar-refractivity contribution in [2.24, 2.45) is 0 Å². The first-order valence-corrected chi connectivity index (χ1v) is 5.46. The second-order valence-corrected chi connectivity index (χ2v) is 4.08. The van der Waals surface area contributed by atoms with Crippen molar-refractivity contribution in [1.29, 1.82) is 0 Å². The number of rotatable bonds is 3. The Bertz CT molecular complexity index is 345. The molecule has 0 bridgehead atoms. The highest BCUT2D eigenvalue weighted by atomic mass is 16.5. The maximum Gasteiger partial charge on any atom is 0.216 e. The predicted octanol–water partition coefficient (Wildman–Crippen LogP) is 1.89. The van der Waals surface area contributed by atoms with Gasteiger partial charge in [0.05, 0.1) is 13.2 Å². The van der Waals surface area contributed by atoms with Gasteiger partial charge in [0, 0.05) is 17.2 Å². The summed E-state index contributed by atoms with van der Waals surface area (Å²) in [6.07, 6.45) is 2.47. The zero-order chi connectivity index (χ0) is 10.8. The van der Waals surface area contributed by atoms with Crippen molar-refractivity contribution in [3.8, 4) is 5.88 Å². The van der Waals surface area contributed by atoms with Gasteiger partial charge in [0.1, 0.15) is 0 Å². The molecular formula is C12H17NO2. The number of aryl methyl sites for hydroxylation is 1. The van der Waals surface area contributed by atoms with E-state index in [-0.39, 0.29) is 6.10 Å². The highest BCUT2D eigenvalue weighted by molar-refractivity contribution is 5.30. The number of ether oxygens (including phenoxy) is 1. The van der Waals surface area contributed by atoms with E-state index in [1.54, 1.807) is 7.11 Å². The van der Waals surface area contributed by atoms with E-state index in [4.69, 9.17) is 4.74 Å². The molecule has 1 aromatic heterocycles. The van der Waals surface area contributed by atoms with E-state index in [1.165, 1.54) is 0 Å². The Morgan fingerprint density at radius 3 is 2.73 bits per heavy atom. The molecule has 0 spiro atoms. The van der Waals surface area contributed by atoms with Gasteiger partial charge in [-0.3, -0.25) is 0 Å². The molecule has 3 nitrogen and oxygen atoms in total. The Morgan fingerprint density at radius 1 is 1.47 bits per heavy atom. The highest BCUT2D eigenvalue weighted by Gasteiger charge is 2.29. The lowest BCUT2D eigenvalue weighted by Gasteiger charge is -2.31. The Balaban J connectivity index is 2.19. The smallest absolute Gasteiger partial charge is 0.216 e. The molecule has 1 aliphatic carbocycles. The molecule has 0 aromatic carbocycles. The second-order valence-electron chi connectivity index (χ2n) is 4.08. The van der Waals surface area contributed by atoms with Crippen molar-refractivity contribution in [1.82, 2.24) is 4.98 Å². The van der Waals surface area contributed by atoms with E-state index in [0.29, 0.717) is 5.92 Å². The van der Waals surface area contributed by atoms with Gasteiger partial charge in [-0.05, 0) is 25.3 Å². The molecule has 1 aromatic rings. The van der Waals surface area contributed by atoms with Gasteiger partial charge in [-0.25, -0.2) is 4.98 Å². The number of aromatic nitrogens is 1. The van der Waals surface area contributed by atoms with Crippen LogP contribution in [0.4, 0.5) is 0 Å². The fourth-order valence-corrected chi connectivity index (χ4v) is 1.99. The molecule has 82 valence electrons. The van der Waals surface area contributed by atoms with E-state index >= 15 is 0 Å². The summed E-state index contributed by atoms with van der Waals surface area (Å²) >= 11 is 0. The molecule has 3 heteroatoms. The quantitative estimate of drug-likeness (QED) is 0.823. The molecule has 0 unspecified atom stereocenters. The molecule has 1 heterocycles. The molecule has 0 atom stereocenters. The number of hydrogen-bond donors (Lipinski definition) is 1. The van der Waals surface area contributed by atoms with Gasteiger partial charge in [0.2, 0.25) is 5.88 Å². The summed E-state index contributed by atoms with van der Waals surface area (Å²) in [5.74, 6) is 1.15. The zero-order valence-electron chi connectivity index (χ0n) is 9.23. The first kappa shape index (κ1) is 10.4. The maximum atomic E-state index is 9.25. The van der Waals surface area contributed by atoms with Crippen molar-refractivity contribution in [2.45, 2.75) is 38.2 Å².